The molecule has 1 aromatic carbocycles. The van der Waals surface area contributed by atoms with Gasteiger partial charge in [-0.3, -0.25) is 4.84 Å². The maximum atomic E-state index is 11.6. The molecule has 2 N–H and O–H groups in total. The lowest BCUT2D eigenvalue weighted by atomic mass is 9.87. The molecule has 0 unspecified atom stereocenters. The zero-order chi connectivity index (χ0) is 23.5. The Balaban J connectivity index is 1.56. The largest absolute Gasteiger partial charge is 0.383 e. The highest BCUT2D eigenvalue weighted by molar-refractivity contribution is 6.42. The number of ether oxygens (including phenoxy) is 3. The highest BCUT2D eigenvalue weighted by Gasteiger charge is 2.60. The molecule has 5 rings (SSSR count). The summed E-state index contributed by atoms with van der Waals surface area (Å²) in [6.45, 7) is 5.34. The fourth-order valence-electron chi connectivity index (χ4n) is 4.58. The van der Waals surface area contributed by atoms with Crippen molar-refractivity contribution in [1.82, 2.24) is 14.5 Å². The molecule has 2 saturated heterocycles. The van der Waals surface area contributed by atoms with Crippen molar-refractivity contribution < 1.29 is 24.2 Å². The quantitative estimate of drug-likeness (QED) is 0.512. The van der Waals surface area contributed by atoms with Crippen molar-refractivity contribution in [3.63, 3.8) is 0 Å². The van der Waals surface area contributed by atoms with Crippen LogP contribution >= 0.6 is 23.2 Å². The van der Waals surface area contributed by atoms with E-state index in [-0.39, 0.29) is 0 Å². The first-order chi connectivity index (χ1) is 15.6. The minimum atomic E-state index is -1.45. The molecule has 2 aliphatic rings. The van der Waals surface area contributed by atoms with Gasteiger partial charge in [-0.1, -0.05) is 29.3 Å². The number of aromatic nitrogens is 3. The van der Waals surface area contributed by atoms with Crippen molar-refractivity contribution in [2.75, 3.05) is 12.6 Å². The van der Waals surface area contributed by atoms with Crippen LogP contribution in [0.4, 0.5) is 5.82 Å². The van der Waals surface area contributed by atoms with E-state index in [1.807, 2.05) is 30.7 Å². The Morgan fingerprint density at radius 1 is 1.15 bits per heavy atom. The molecule has 3 aromatic rings. The molecule has 2 fully saturated rings. The maximum absolute atomic E-state index is 11.6. The lowest BCUT2D eigenvalue weighted by Crippen LogP contribution is -2.45. The molecule has 2 aromatic heterocycles. The molecule has 33 heavy (non-hydrogen) atoms. The van der Waals surface area contributed by atoms with Crippen LogP contribution in [0.3, 0.4) is 0 Å². The van der Waals surface area contributed by atoms with Crippen molar-refractivity contribution in [3.8, 4) is 0 Å². The van der Waals surface area contributed by atoms with E-state index >= 15 is 0 Å². The summed E-state index contributed by atoms with van der Waals surface area (Å²) in [5, 5.41) is 13.1. The zero-order valence-corrected chi connectivity index (χ0v) is 20.0. The van der Waals surface area contributed by atoms with Gasteiger partial charge in [0, 0.05) is 6.20 Å². The number of halogens is 2. The molecule has 11 heteroatoms. The summed E-state index contributed by atoms with van der Waals surface area (Å²) in [5.74, 6) is -0.330. The summed E-state index contributed by atoms with van der Waals surface area (Å²) in [5.41, 5.74) is 2.48. The van der Waals surface area contributed by atoms with Crippen molar-refractivity contribution in [2.24, 2.45) is 0 Å². The summed E-state index contributed by atoms with van der Waals surface area (Å²) < 4.78 is 20.7. The molecule has 0 bridgehead atoms. The molecule has 0 saturated carbocycles. The Labute approximate surface area is 200 Å². The van der Waals surface area contributed by atoms with Crippen molar-refractivity contribution in [2.45, 2.75) is 56.7 Å². The van der Waals surface area contributed by atoms with Crippen LogP contribution in [0.2, 0.25) is 10.0 Å². The Morgan fingerprint density at radius 3 is 2.64 bits per heavy atom. The Bertz CT molecular complexity index is 1200. The number of nitrogens with zero attached hydrogens (tertiary/aromatic N) is 3. The fourth-order valence-corrected chi connectivity index (χ4v) is 4.88. The summed E-state index contributed by atoms with van der Waals surface area (Å²) >= 11 is 12.3. The van der Waals surface area contributed by atoms with Gasteiger partial charge in [-0.25, -0.2) is 15.4 Å². The minimum absolute atomic E-state index is 0.343. The molecule has 4 heterocycles. The Morgan fingerprint density at radius 2 is 1.91 bits per heavy atom. The van der Waals surface area contributed by atoms with Gasteiger partial charge in [0.1, 0.15) is 35.9 Å². The van der Waals surface area contributed by atoms with Crippen LogP contribution in [0.15, 0.2) is 36.8 Å². The monoisotopic (exact) mass is 494 g/mol. The molecule has 0 radical (unpaired) electrons. The molecular weight excluding hydrogens is 471 g/mol. The van der Waals surface area contributed by atoms with E-state index in [1.54, 1.807) is 25.1 Å². The third-order valence-corrected chi connectivity index (χ3v) is 6.81. The van der Waals surface area contributed by atoms with E-state index in [9.17, 15) is 5.11 Å². The first kappa shape index (κ1) is 22.8. The third kappa shape index (κ3) is 3.77. The van der Waals surface area contributed by atoms with E-state index in [2.05, 4.69) is 15.4 Å². The number of hydrogen-bond donors (Lipinski definition) is 2. The number of benzene rings is 1. The van der Waals surface area contributed by atoms with Gasteiger partial charge in [-0.05, 0) is 44.5 Å². The van der Waals surface area contributed by atoms with Crippen LogP contribution < -0.4 is 5.48 Å². The zero-order valence-electron chi connectivity index (χ0n) is 18.5. The standard InChI is InChI=1S/C22H24Cl2N4O5/c1-21(2)32-15-16(33-21)20(28-8-7-12-18(27-30-4)25-10-26-19(12)28)31-17(15)22(3,29)11-5-6-13(23)14(24)9-11/h5-10,15-17,20,29H,1-4H3,(H,25,26,27)/t15-,16+,17-,20+,22+/m0/s1. The second-order valence-corrected chi connectivity index (χ2v) is 9.59. The topological polar surface area (TPSA) is 99.9 Å². The average molecular weight is 495 g/mol. The molecule has 0 aliphatic carbocycles. The number of hydrogen-bond acceptors (Lipinski definition) is 8. The normalized spacial score (nSPS) is 28.1. The number of anilines is 1. The SMILES string of the molecule is CONc1ncnc2c1ccn2[C@@H]1O[C@H]([C@](C)(O)c2ccc(Cl)c(Cl)c2)[C@H]2OC(C)(C)O[C@H]21. The van der Waals surface area contributed by atoms with Crippen LogP contribution in [-0.2, 0) is 24.6 Å². The molecule has 5 atom stereocenters. The van der Waals surface area contributed by atoms with Crippen LogP contribution in [0.1, 0.15) is 32.6 Å². The Kier molecular flexibility index (Phi) is 5.56. The predicted molar refractivity (Wildman–Crippen MR) is 122 cm³/mol. The van der Waals surface area contributed by atoms with Gasteiger partial charge < -0.3 is 23.9 Å². The summed E-state index contributed by atoms with van der Waals surface area (Å²) in [4.78, 5) is 13.7. The first-order valence-electron chi connectivity index (χ1n) is 10.4. The third-order valence-electron chi connectivity index (χ3n) is 6.07. The number of fused-ring (bicyclic) bond motifs is 2. The smallest absolute Gasteiger partial charge is 0.164 e. The van der Waals surface area contributed by atoms with Gasteiger partial charge in [-0.15, -0.1) is 0 Å². The number of nitrogens with one attached hydrogen (secondary N) is 1. The van der Waals surface area contributed by atoms with E-state index < -0.39 is 35.9 Å². The summed E-state index contributed by atoms with van der Waals surface area (Å²) in [6.07, 6.45) is 0.855. The molecule has 2 aliphatic heterocycles. The molecule has 0 amide bonds. The van der Waals surface area contributed by atoms with Crippen molar-refractivity contribution in [3.05, 3.63) is 52.4 Å². The van der Waals surface area contributed by atoms with Gasteiger partial charge >= 0.3 is 0 Å². The molecule has 176 valence electrons. The number of rotatable bonds is 5. The van der Waals surface area contributed by atoms with Gasteiger partial charge in [0.15, 0.2) is 17.8 Å². The van der Waals surface area contributed by atoms with Crippen molar-refractivity contribution >= 4 is 40.1 Å². The fraction of sp³-hybridized carbons (Fsp3) is 0.455. The van der Waals surface area contributed by atoms with Crippen LogP contribution in [-0.4, -0.2) is 50.9 Å². The molecule has 9 nitrogen and oxygen atoms in total. The van der Waals surface area contributed by atoms with Gasteiger partial charge in [0.25, 0.3) is 0 Å². The van der Waals surface area contributed by atoms with Crippen molar-refractivity contribution in [1.29, 1.82) is 0 Å². The highest BCUT2D eigenvalue weighted by Crippen LogP contribution is 2.49. The van der Waals surface area contributed by atoms with E-state index in [4.69, 9.17) is 42.3 Å². The van der Waals surface area contributed by atoms with Crippen LogP contribution in [0, 0.1) is 0 Å². The average Bonchev–Trinajstić information content (AvgIpc) is 3.41. The lowest BCUT2D eigenvalue weighted by Gasteiger charge is -2.34. The van der Waals surface area contributed by atoms with E-state index in [0.29, 0.717) is 27.1 Å². The summed E-state index contributed by atoms with van der Waals surface area (Å²) in [7, 11) is 1.51. The van der Waals surface area contributed by atoms with Gasteiger partial charge in [0.05, 0.1) is 22.5 Å². The lowest BCUT2D eigenvalue weighted by molar-refractivity contribution is -0.221. The second-order valence-electron chi connectivity index (χ2n) is 8.78. The van der Waals surface area contributed by atoms with Crippen LogP contribution in [0.5, 0.6) is 0 Å². The van der Waals surface area contributed by atoms with E-state index in [1.165, 1.54) is 13.4 Å². The van der Waals surface area contributed by atoms with Crippen LogP contribution in [0.25, 0.3) is 11.0 Å². The van der Waals surface area contributed by atoms with Gasteiger partial charge in [-0.2, -0.15) is 0 Å². The number of aliphatic hydroxyl groups is 1. The summed E-state index contributed by atoms with van der Waals surface area (Å²) in [6, 6.07) is 6.87. The second kappa shape index (κ2) is 8.06. The van der Waals surface area contributed by atoms with E-state index in [0.717, 1.165) is 5.39 Å². The maximum Gasteiger partial charge on any atom is 0.164 e. The molecular formula is C22H24Cl2N4O5. The van der Waals surface area contributed by atoms with Gasteiger partial charge in [0.2, 0.25) is 0 Å². The predicted octanol–water partition coefficient (Wildman–Crippen LogP) is 4.04. The first-order valence-corrected chi connectivity index (χ1v) is 11.2. The highest BCUT2D eigenvalue weighted by atomic mass is 35.5. The minimum Gasteiger partial charge on any atom is -0.383 e. The molecule has 0 spiro atoms. The Hall–Kier alpha value is -1.98.